The number of hydrogen-bond acceptors (Lipinski definition) is 5. The Kier molecular flexibility index (Phi) is 5.56. The first-order valence-electron chi connectivity index (χ1n) is 8.21. The molecular weight excluding hydrogens is 330 g/mol. The molecule has 26 heavy (non-hydrogen) atoms. The van der Waals surface area contributed by atoms with Gasteiger partial charge < -0.3 is 15.5 Å². The molecule has 1 heterocycles. The van der Waals surface area contributed by atoms with E-state index in [1.807, 2.05) is 54.6 Å². The van der Waals surface area contributed by atoms with Gasteiger partial charge in [-0.1, -0.05) is 54.6 Å². The molecule has 1 atom stereocenters. The molecule has 0 aliphatic carbocycles. The molecule has 0 aliphatic heterocycles. The first kappa shape index (κ1) is 17.6. The summed E-state index contributed by atoms with van der Waals surface area (Å²) in [7, 11) is 0. The summed E-state index contributed by atoms with van der Waals surface area (Å²) < 4.78 is 0. The van der Waals surface area contributed by atoms with Crippen LogP contribution in [0.4, 0.5) is 5.82 Å². The summed E-state index contributed by atoms with van der Waals surface area (Å²) in [6, 6.07) is 17.7. The van der Waals surface area contributed by atoms with Crippen molar-refractivity contribution in [3.05, 3.63) is 78.1 Å². The smallest absolute Gasteiger partial charge is 0.326 e. The quantitative estimate of drug-likeness (QED) is 0.607. The first-order chi connectivity index (χ1) is 12.7. The van der Waals surface area contributed by atoms with Crippen LogP contribution in [0.5, 0.6) is 0 Å². The van der Waals surface area contributed by atoms with E-state index in [4.69, 9.17) is 5.11 Å². The lowest BCUT2D eigenvalue weighted by molar-refractivity contribution is -0.137. The van der Waals surface area contributed by atoms with Crippen molar-refractivity contribution in [2.75, 3.05) is 5.32 Å². The molecule has 2 aromatic carbocycles. The van der Waals surface area contributed by atoms with Crippen molar-refractivity contribution >= 4 is 11.8 Å². The molecule has 132 valence electrons. The van der Waals surface area contributed by atoms with Crippen LogP contribution in [0.3, 0.4) is 0 Å². The second-order valence-electron chi connectivity index (χ2n) is 5.87. The van der Waals surface area contributed by atoms with Gasteiger partial charge in [0.1, 0.15) is 18.2 Å². The van der Waals surface area contributed by atoms with E-state index in [1.165, 1.54) is 6.33 Å². The van der Waals surface area contributed by atoms with Crippen molar-refractivity contribution in [1.29, 1.82) is 0 Å². The zero-order valence-corrected chi connectivity index (χ0v) is 14.0. The maximum atomic E-state index is 11.6. The van der Waals surface area contributed by atoms with E-state index in [1.54, 1.807) is 6.07 Å². The number of aliphatic hydroxyl groups is 1. The Morgan fingerprint density at radius 1 is 1.00 bits per heavy atom. The second-order valence-corrected chi connectivity index (χ2v) is 5.87. The van der Waals surface area contributed by atoms with E-state index in [2.05, 4.69) is 15.3 Å². The molecule has 0 saturated carbocycles. The molecule has 3 aromatic rings. The number of rotatable bonds is 7. The summed E-state index contributed by atoms with van der Waals surface area (Å²) in [4.78, 5) is 20.0. The number of carbonyl (C=O) groups is 1. The SMILES string of the molecule is O=C(O)[C@H](Cc1ccccc1)Nc1cc(-c2ccc(CO)cc2)ncn1. The van der Waals surface area contributed by atoms with Gasteiger partial charge in [-0.2, -0.15) is 0 Å². The van der Waals surface area contributed by atoms with Gasteiger partial charge in [0.25, 0.3) is 0 Å². The fourth-order valence-electron chi connectivity index (χ4n) is 2.60. The number of nitrogens with zero attached hydrogens (tertiary/aromatic N) is 2. The standard InChI is InChI=1S/C20H19N3O3/c24-12-15-6-8-16(9-7-15)17-11-19(22-13-21-17)23-18(20(25)26)10-14-4-2-1-3-5-14/h1-9,11,13,18,24H,10,12H2,(H,25,26)(H,21,22,23)/t18-/m0/s1. The molecule has 0 radical (unpaired) electrons. The molecule has 3 N–H and O–H groups in total. The van der Waals surface area contributed by atoms with Gasteiger partial charge >= 0.3 is 5.97 Å². The molecule has 0 fully saturated rings. The number of hydrogen-bond donors (Lipinski definition) is 3. The summed E-state index contributed by atoms with van der Waals surface area (Å²) in [5.74, 6) is -0.495. The van der Waals surface area contributed by atoms with E-state index in [-0.39, 0.29) is 6.61 Å². The zero-order valence-electron chi connectivity index (χ0n) is 14.0. The third kappa shape index (κ3) is 4.43. The van der Waals surface area contributed by atoms with Crippen LogP contribution in [-0.2, 0) is 17.8 Å². The topological polar surface area (TPSA) is 95.3 Å². The number of aromatic nitrogens is 2. The van der Waals surface area contributed by atoms with Crippen molar-refractivity contribution in [2.24, 2.45) is 0 Å². The summed E-state index contributed by atoms with van der Waals surface area (Å²) in [6.45, 7) is -0.0172. The van der Waals surface area contributed by atoms with Crippen LogP contribution >= 0.6 is 0 Å². The average molecular weight is 349 g/mol. The lowest BCUT2D eigenvalue weighted by atomic mass is 10.1. The summed E-state index contributed by atoms with van der Waals surface area (Å²) in [5, 5.41) is 21.6. The Morgan fingerprint density at radius 2 is 1.73 bits per heavy atom. The minimum atomic E-state index is -0.943. The lowest BCUT2D eigenvalue weighted by Gasteiger charge is -2.15. The van der Waals surface area contributed by atoms with Crippen molar-refractivity contribution in [2.45, 2.75) is 19.1 Å². The largest absolute Gasteiger partial charge is 0.480 e. The summed E-state index contributed by atoms with van der Waals surface area (Å²) in [6.07, 6.45) is 1.75. The number of benzene rings is 2. The number of carboxylic acid groups (broad SMARTS) is 1. The Bertz CT molecular complexity index is 867. The van der Waals surface area contributed by atoms with E-state index in [9.17, 15) is 9.90 Å². The highest BCUT2D eigenvalue weighted by atomic mass is 16.4. The van der Waals surface area contributed by atoms with Crippen molar-refractivity contribution < 1.29 is 15.0 Å². The number of anilines is 1. The lowest BCUT2D eigenvalue weighted by Crippen LogP contribution is -2.31. The predicted molar refractivity (Wildman–Crippen MR) is 98.6 cm³/mol. The number of carboxylic acids is 1. The zero-order chi connectivity index (χ0) is 18.4. The number of aliphatic hydroxyl groups excluding tert-OH is 1. The van der Waals surface area contributed by atoms with Crippen LogP contribution in [-0.4, -0.2) is 32.2 Å². The molecule has 3 rings (SSSR count). The predicted octanol–water partition coefficient (Wildman–Crippen LogP) is 2.74. The number of aliphatic carboxylic acids is 1. The minimum absolute atomic E-state index is 0.0172. The molecule has 0 amide bonds. The third-order valence-corrected chi connectivity index (χ3v) is 4.00. The highest BCUT2D eigenvalue weighted by molar-refractivity contribution is 5.77. The van der Waals surface area contributed by atoms with E-state index >= 15 is 0 Å². The van der Waals surface area contributed by atoms with Crippen LogP contribution < -0.4 is 5.32 Å². The van der Waals surface area contributed by atoms with Crippen LogP contribution in [0.15, 0.2) is 67.0 Å². The van der Waals surface area contributed by atoms with Gasteiger partial charge in [0, 0.05) is 18.1 Å². The number of nitrogens with one attached hydrogen (secondary N) is 1. The first-order valence-corrected chi connectivity index (χ1v) is 8.21. The van der Waals surface area contributed by atoms with Crippen molar-refractivity contribution in [3.8, 4) is 11.3 Å². The highest BCUT2D eigenvalue weighted by Crippen LogP contribution is 2.20. The minimum Gasteiger partial charge on any atom is -0.480 e. The highest BCUT2D eigenvalue weighted by Gasteiger charge is 2.18. The van der Waals surface area contributed by atoms with Crippen molar-refractivity contribution in [3.63, 3.8) is 0 Å². The molecule has 6 nitrogen and oxygen atoms in total. The Morgan fingerprint density at radius 3 is 2.38 bits per heavy atom. The van der Waals surface area contributed by atoms with Gasteiger partial charge in [0.05, 0.1) is 12.3 Å². The van der Waals surface area contributed by atoms with Gasteiger partial charge in [-0.15, -0.1) is 0 Å². The van der Waals surface area contributed by atoms with Gasteiger partial charge in [-0.25, -0.2) is 14.8 Å². The monoisotopic (exact) mass is 349 g/mol. The van der Waals surface area contributed by atoms with Crippen LogP contribution in [0.2, 0.25) is 0 Å². The van der Waals surface area contributed by atoms with E-state index < -0.39 is 12.0 Å². The maximum Gasteiger partial charge on any atom is 0.326 e. The summed E-state index contributed by atoms with van der Waals surface area (Å²) in [5.41, 5.74) is 3.29. The summed E-state index contributed by atoms with van der Waals surface area (Å²) >= 11 is 0. The Labute approximate surface area is 151 Å². The Hall–Kier alpha value is -3.25. The molecule has 1 aromatic heterocycles. The Balaban J connectivity index is 1.78. The third-order valence-electron chi connectivity index (χ3n) is 4.00. The molecule has 6 heteroatoms. The molecule has 0 spiro atoms. The van der Waals surface area contributed by atoms with Gasteiger partial charge in [0.2, 0.25) is 0 Å². The molecule has 0 saturated heterocycles. The average Bonchev–Trinajstić information content (AvgIpc) is 2.68. The van der Waals surface area contributed by atoms with Crippen molar-refractivity contribution in [1.82, 2.24) is 9.97 Å². The fourth-order valence-corrected chi connectivity index (χ4v) is 2.60. The fraction of sp³-hybridized carbons (Fsp3) is 0.150. The van der Waals surface area contributed by atoms with E-state index in [0.29, 0.717) is 17.9 Å². The second kappa shape index (κ2) is 8.22. The molecule has 0 bridgehead atoms. The molecule has 0 aliphatic rings. The van der Waals surface area contributed by atoms with Crippen LogP contribution in [0.1, 0.15) is 11.1 Å². The van der Waals surface area contributed by atoms with Gasteiger partial charge in [0.15, 0.2) is 0 Å². The van der Waals surface area contributed by atoms with E-state index in [0.717, 1.165) is 16.7 Å². The maximum absolute atomic E-state index is 11.6. The van der Waals surface area contributed by atoms with Gasteiger partial charge in [-0.3, -0.25) is 0 Å². The molecular formula is C20H19N3O3. The molecule has 0 unspecified atom stereocenters. The van der Waals surface area contributed by atoms with Crippen LogP contribution in [0, 0.1) is 0 Å². The van der Waals surface area contributed by atoms with Gasteiger partial charge in [-0.05, 0) is 11.1 Å². The normalized spacial score (nSPS) is 11.7. The van der Waals surface area contributed by atoms with Crippen LogP contribution in [0.25, 0.3) is 11.3 Å².